The SMILES string of the molecule is N#Cc1ccccc1NC(=O)COC(=O)CCCCc1nc2ccccc2s1. The molecule has 6 nitrogen and oxygen atoms in total. The van der Waals surface area contributed by atoms with Crippen LogP contribution in [0, 0.1) is 11.3 Å². The summed E-state index contributed by atoms with van der Waals surface area (Å²) in [6.07, 6.45) is 2.58. The highest BCUT2D eigenvalue weighted by Crippen LogP contribution is 2.22. The molecular formula is C21H19N3O3S. The Morgan fingerprint density at radius 2 is 1.89 bits per heavy atom. The minimum Gasteiger partial charge on any atom is -0.456 e. The van der Waals surface area contributed by atoms with Gasteiger partial charge in [0.2, 0.25) is 0 Å². The molecule has 1 heterocycles. The predicted octanol–water partition coefficient (Wildman–Crippen LogP) is 4.06. The van der Waals surface area contributed by atoms with Gasteiger partial charge in [-0.1, -0.05) is 24.3 Å². The maximum atomic E-state index is 11.9. The molecule has 0 aliphatic carbocycles. The standard InChI is InChI=1S/C21H19N3O3S/c22-13-15-7-1-2-8-16(15)23-19(25)14-27-21(26)12-6-5-11-20-24-17-9-3-4-10-18(17)28-20/h1-4,7-10H,5-6,11-12,14H2,(H,23,25). The molecular weight excluding hydrogens is 374 g/mol. The van der Waals surface area contributed by atoms with Gasteiger partial charge in [-0.2, -0.15) is 5.26 Å². The Morgan fingerprint density at radius 1 is 1.11 bits per heavy atom. The molecule has 0 aliphatic rings. The first-order valence-electron chi connectivity index (χ1n) is 8.95. The first-order chi connectivity index (χ1) is 13.7. The molecule has 0 atom stereocenters. The Hall–Kier alpha value is -3.24. The van der Waals surface area contributed by atoms with Gasteiger partial charge in [0.05, 0.1) is 26.5 Å². The Bertz CT molecular complexity index is 990. The third kappa shape index (κ3) is 5.38. The van der Waals surface area contributed by atoms with Crippen LogP contribution in [0.15, 0.2) is 48.5 Å². The van der Waals surface area contributed by atoms with Gasteiger partial charge in [0, 0.05) is 6.42 Å². The number of anilines is 1. The normalized spacial score (nSPS) is 10.4. The number of unbranched alkanes of at least 4 members (excludes halogenated alkanes) is 1. The molecule has 3 aromatic rings. The van der Waals surface area contributed by atoms with Crippen LogP contribution in [0.1, 0.15) is 29.8 Å². The molecule has 0 spiro atoms. The summed E-state index contributed by atoms with van der Waals surface area (Å²) >= 11 is 1.67. The van der Waals surface area contributed by atoms with Crippen molar-refractivity contribution in [3.8, 4) is 6.07 Å². The third-order valence-electron chi connectivity index (χ3n) is 4.05. The van der Waals surface area contributed by atoms with Crippen molar-refractivity contribution >= 4 is 39.1 Å². The molecule has 0 saturated carbocycles. The zero-order valence-electron chi connectivity index (χ0n) is 15.2. The number of hydrogen-bond acceptors (Lipinski definition) is 6. The average Bonchev–Trinajstić information content (AvgIpc) is 3.13. The molecule has 1 aromatic heterocycles. The molecule has 28 heavy (non-hydrogen) atoms. The Kier molecular flexibility index (Phi) is 6.71. The number of amides is 1. The number of para-hydroxylation sites is 2. The van der Waals surface area contributed by atoms with Crippen molar-refractivity contribution in [1.82, 2.24) is 4.98 Å². The van der Waals surface area contributed by atoms with Crippen LogP contribution in [-0.4, -0.2) is 23.5 Å². The molecule has 0 aliphatic heterocycles. The second-order valence-corrected chi connectivity index (χ2v) is 7.26. The van der Waals surface area contributed by atoms with Gasteiger partial charge in [0.25, 0.3) is 5.91 Å². The molecule has 3 rings (SSSR count). The van der Waals surface area contributed by atoms with Gasteiger partial charge in [0.1, 0.15) is 6.07 Å². The van der Waals surface area contributed by atoms with Gasteiger partial charge in [-0.3, -0.25) is 9.59 Å². The van der Waals surface area contributed by atoms with E-state index in [9.17, 15) is 9.59 Å². The predicted molar refractivity (Wildman–Crippen MR) is 108 cm³/mol. The lowest BCUT2D eigenvalue weighted by molar-refractivity contribution is -0.147. The van der Waals surface area contributed by atoms with Crippen LogP contribution in [0.3, 0.4) is 0 Å². The lowest BCUT2D eigenvalue weighted by Gasteiger charge is -2.07. The van der Waals surface area contributed by atoms with Gasteiger partial charge < -0.3 is 10.1 Å². The number of carbonyl (C=O) groups excluding carboxylic acids is 2. The second-order valence-electron chi connectivity index (χ2n) is 6.15. The van der Waals surface area contributed by atoms with Crippen LogP contribution in [0.5, 0.6) is 0 Å². The first kappa shape index (κ1) is 19.5. The number of esters is 1. The summed E-state index contributed by atoms with van der Waals surface area (Å²) in [4.78, 5) is 28.3. The van der Waals surface area contributed by atoms with Crippen molar-refractivity contribution in [3.05, 3.63) is 59.1 Å². The fraction of sp³-hybridized carbons (Fsp3) is 0.238. The Labute approximate surface area is 166 Å². The van der Waals surface area contributed by atoms with E-state index < -0.39 is 11.9 Å². The van der Waals surface area contributed by atoms with E-state index in [0.29, 0.717) is 17.7 Å². The number of aryl methyl sites for hydroxylation is 1. The molecule has 0 fully saturated rings. The number of hydrogen-bond donors (Lipinski definition) is 1. The maximum absolute atomic E-state index is 11.9. The maximum Gasteiger partial charge on any atom is 0.306 e. The zero-order chi connectivity index (χ0) is 19.8. The summed E-state index contributed by atoms with van der Waals surface area (Å²) in [7, 11) is 0. The number of rotatable bonds is 8. The number of nitriles is 1. The lowest BCUT2D eigenvalue weighted by Crippen LogP contribution is -2.21. The van der Waals surface area contributed by atoms with Crippen LogP contribution in [0.25, 0.3) is 10.2 Å². The van der Waals surface area contributed by atoms with Gasteiger partial charge in [-0.15, -0.1) is 11.3 Å². The van der Waals surface area contributed by atoms with E-state index in [1.54, 1.807) is 35.6 Å². The van der Waals surface area contributed by atoms with Crippen molar-refractivity contribution in [2.75, 3.05) is 11.9 Å². The van der Waals surface area contributed by atoms with Crippen LogP contribution in [-0.2, 0) is 20.7 Å². The highest BCUT2D eigenvalue weighted by Gasteiger charge is 2.10. The minimum atomic E-state index is -0.467. The van der Waals surface area contributed by atoms with Crippen molar-refractivity contribution in [2.45, 2.75) is 25.7 Å². The fourth-order valence-electron chi connectivity index (χ4n) is 2.67. The largest absolute Gasteiger partial charge is 0.456 e. The summed E-state index contributed by atoms with van der Waals surface area (Å²) in [6.45, 7) is -0.365. The third-order valence-corrected chi connectivity index (χ3v) is 5.14. The summed E-state index contributed by atoms with van der Waals surface area (Å²) < 4.78 is 6.17. The number of ether oxygens (including phenoxy) is 1. The van der Waals surface area contributed by atoms with Crippen molar-refractivity contribution in [1.29, 1.82) is 5.26 Å². The van der Waals surface area contributed by atoms with Gasteiger partial charge in [0.15, 0.2) is 6.61 Å². The Morgan fingerprint density at radius 3 is 2.71 bits per heavy atom. The van der Waals surface area contributed by atoms with Gasteiger partial charge >= 0.3 is 5.97 Å². The van der Waals surface area contributed by atoms with E-state index in [2.05, 4.69) is 10.3 Å². The average molecular weight is 393 g/mol. The van der Waals surface area contributed by atoms with Gasteiger partial charge in [-0.05, 0) is 43.5 Å². The molecule has 142 valence electrons. The molecule has 1 N–H and O–H groups in total. The molecule has 1 amide bonds. The summed E-state index contributed by atoms with van der Waals surface area (Å²) in [5.74, 6) is -0.876. The van der Waals surface area contributed by atoms with E-state index in [4.69, 9.17) is 10.00 Å². The highest BCUT2D eigenvalue weighted by molar-refractivity contribution is 7.18. The van der Waals surface area contributed by atoms with E-state index in [1.165, 1.54) is 4.70 Å². The number of benzene rings is 2. The number of fused-ring (bicyclic) bond motifs is 1. The number of thiazole rings is 1. The topological polar surface area (TPSA) is 92.1 Å². The lowest BCUT2D eigenvalue weighted by atomic mass is 10.2. The first-order valence-corrected chi connectivity index (χ1v) is 9.76. The number of aromatic nitrogens is 1. The van der Waals surface area contributed by atoms with Crippen LogP contribution >= 0.6 is 11.3 Å². The molecule has 0 unspecified atom stereocenters. The molecule has 0 saturated heterocycles. The number of carbonyl (C=O) groups is 2. The monoisotopic (exact) mass is 393 g/mol. The number of nitrogens with zero attached hydrogens (tertiary/aromatic N) is 2. The van der Waals surface area contributed by atoms with E-state index >= 15 is 0 Å². The van der Waals surface area contributed by atoms with Crippen LogP contribution < -0.4 is 5.32 Å². The smallest absolute Gasteiger partial charge is 0.306 e. The van der Waals surface area contributed by atoms with Gasteiger partial charge in [-0.25, -0.2) is 4.98 Å². The molecule has 0 bridgehead atoms. The van der Waals surface area contributed by atoms with Crippen LogP contribution in [0.4, 0.5) is 5.69 Å². The quantitative estimate of drug-likeness (QED) is 0.460. The van der Waals surface area contributed by atoms with Crippen LogP contribution in [0.2, 0.25) is 0 Å². The summed E-state index contributed by atoms with van der Waals surface area (Å²) in [5, 5.41) is 12.6. The second kappa shape index (κ2) is 9.62. The minimum absolute atomic E-state index is 0.257. The van der Waals surface area contributed by atoms with E-state index in [0.717, 1.165) is 23.4 Å². The number of nitrogens with one attached hydrogen (secondary N) is 1. The fourth-order valence-corrected chi connectivity index (χ4v) is 3.68. The van der Waals surface area contributed by atoms with Crippen molar-refractivity contribution < 1.29 is 14.3 Å². The highest BCUT2D eigenvalue weighted by atomic mass is 32.1. The zero-order valence-corrected chi connectivity index (χ0v) is 16.0. The summed E-state index contributed by atoms with van der Waals surface area (Å²) in [5.41, 5.74) is 1.77. The Balaban J connectivity index is 1.35. The molecule has 2 aromatic carbocycles. The van der Waals surface area contributed by atoms with E-state index in [-0.39, 0.29) is 13.0 Å². The van der Waals surface area contributed by atoms with E-state index in [1.807, 2.05) is 30.3 Å². The summed E-state index contributed by atoms with van der Waals surface area (Å²) in [6, 6.07) is 16.7. The van der Waals surface area contributed by atoms with Crippen molar-refractivity contribution in [2.24, 2.45) is 0 Å². The molecule has 7 heteroatoms. The molecule has 0 radical (unpaired) electrons. The van der Waals surface area contributed by atoms with Crippen molar-refractivity contribution in [3.63, 3.8) is 0 Å².